The Balaban J connectivity index is 1.91. The van der Waals surface area contributed by atoms with Crippen LogP contribution in [-0.2, 0) is 11.2 Å². The number of anilines is 1. The normalized spacial score (nSPS) is 12.9. The molecule has 1 amide bonds. The van der Waals surface area contributed by atoms with Gasteiger partial charge in [-0.05, 0) is 43.5 Å². The zero-order valence-corrected chi connectivity index (χ0v) is 16.8. The third kappa shape index (κ3) is 6.00. The van der Waals surface area contributed by atoms with Crippen molar-refractivity contribution in [3.05, 3.63) is 53.6 Å². The lowest BCUT2D eigenvalue weighted by atomic mass is 10.0. The van der Waals surface area contributed by atoms with Gasteiger partial charge in [0, 0.05) is 24.6 Å². The lowest BCUT2D eigenvalue weighted by Gasteiger charge is -2.20. The number of ether oxygens (including phenoxy) is 2. The molecule has 2 aromatic rings. The summed E-state index contributed by atoms with van der Waals surface area (Å²) in [6.45, 7) is 6.28. The highest BCUT2D eigenvalue weighted by molar-refractivity contribution is 5.92. The van der Waals surface area contributed by atoms with Gasteiger partial charge in [0.25, 0.3) is 0 Å². The summed E-state index contributed by atoms with van der Waals surface area (Å²) in [4.78, 5) is 12.4. The van der Waals surface area contributed by atoms with Crippen LogP contribution in [0.1, 0.15) is 44.4 Å². The Morgan fingerprint density at radius 2 is 1.74 bits per heavy atom. The summed E-state index contributed by atoms with van der Waals surface area (Å²) in [5.41, 5.74) is 3.18. The number of hydrogen-bond donors (Lipinski definition) is 2. The summed E-state index contributed by atoms with van der Waals surface area (Å²) in [5.74, 6) is 1.20. The molecule has 0 spiro atoms. The number of rotatable bonds is 9. The van der Waals surface area contributed by atoms with Gasteiger partial charge in [0.15, 0.2) is 0 Å². The van der Waals surface area contributed by atoms with Crippen molar-refractivity contribution in [1.29, 1.82) is 0 Å². The van der Waals surface area contributed by atoms with Gasteiger partial charge in [-0.15, -0.1) is 0 Å². The van der Waals surface area contributed by atoms with Gasteiger partial charge >= 0.3 is 0 Å². The molecule has 0 fully saturated rings. The Labute approximate surface area is 162 Å². The van der Waals surface area contributed by atoms with E-state index in [1.54, 1.807) is 32.4 Å². The highest BCUT2D eigenvalue weighted by atomic mass is 16.5. The molecular weight excluding hydrogens is 340 g/mol. The second-order valence-corrected chi connectivity index (χ2v) is 6.70. The summed E-state index contributed by atoms with van der Waals surface area (Å²) in [6.07, 6.45) is 1.40. The first-order valence-electron chi connectivity index (χ1n) is 9.33. The summed E-state index contributed by atoms with van der Waals surface area (Å²) in [7, 11) is 3.16. The van der Waals surface area contributed by atoms with Gasteiger partial charge in [-0.2, -0.15) is 0 Å². The Bertz CT molecular complexity index is 744. The lowest BCUT2D eigenvalue weighted by molar-refractivity contribution is -0.116. The summed E-state index contributed by atoms with van der Waals surface area (Å²) < 4.78 is 10.5. The van der Waals surface area contributed by atoms with E-state index in [-0.39, 0.29) is 18.0 Å². The first-order chi connectivity index (χ1) is 13.0. The maximum absolute atomic E-state index is 12.4. The second-order valence-electron chi connectivity index (χ2n) is 6.70. The highest BCUT2D eigenvalue weighted by Gasteiger charge is 2.15. The average Bonchev–Trinajstić information content (AvgIpc) is 2.68. The molecule has 146 valence electrons. The van der Waals surface area contributed by atoms with Crippen LogP contribution < -0.4 is 20.1 Å². The van der Waals surface area contributed by atoms with E-state index in [2.05, 4.69) is 48.7 Å². The van der Waals surface area contributed by atoms with Gasteiger partial charge in [0.2, 0.25) is 5.91 Å². The van der Waals surface area contributed by atoms with Crippen molar-refractivity contribution in [2.75, 3.05) is 19.5 Å². The third-order valence-corrected chi connectivity index (χ3v) is 4.60. The fourth-order valence-electron chi connectivity index (χ4n) is 3.01. The molecule has 0 aliphatic heterocycles. The number of nitrogens with one attached hydrogen (secondary N) is 2. The number of benzene rings is 2. The molecule has 2 atom stereocenters. The van der Waals surface area contributed by atoms with E-state index >= 15 is 0 Å². The molecule has 2 rings (SSSR count). The first kappa shape index (κ1) is 20.8. The molecular formula is C22H30N2O3. The number of aryl methyl sites for hydroxylation is 1. The largest absolute Gasteiger partial charge is 0.497 e. The fourth-order valence-corrected chi connectivity index (χ4v) is 3.01. The van der Waals surface area contributed by atoms with E-state index in [1.807, 2.05) is 6.92 Å². The Morgan fingerprint density at radius 3 is 2.33 bits per heavy atom. The van der Waals surface area contributed by atoms with Crippen molar-refractivity contribution in [2.24, 2.45) is 0 Å². The number of hydrogen-bond acceptors (Lipinski definition) is 4. The molecule has 0 heterocycles. The van der Waals surface area contributed by atoms with E-state index in [0.29, 0.717) is 23.6 Å². The number of carbonyl (C=O) groups excluding carboxylic acids is 1. The van der Waals surface area contributed by atoms with Gasteiger partial charge in [-0.3, -0.25) is 4.79 Å². The monoisotopic (exact) mass is 370 g/mol. The zero-order valence-electron chi connectivity index (χ0n) is 16.8. The van der Waals surface area contributed by atoms with Crippen molar-refractivity contribution < 1.29 is 14.3 Å². The molecule has 0 aliphatic carbocycles. The molecule has 5 nitrogen and oxygen atoms in total. The van der Waals surface area contributed by atoms with Crippen molar-refractivity contribution in [3.8, 4) is 11.5 Å². The van der Waals surface area contributed by atoms with E-state index in [0.717, 1.165) is 6.42 Å². The zero-order chi connectivity index (χ0) is 19.8. The molecule has 0 saturated carbocycles. The quantitative estimate of drug-likeness (QED) is 0.690. The third-order valence-electron chi connectivity index (χ3n) is 4.60. The van der Waals surface area contributed by atoms with E-state index in [4.69, 9.17) is 9.47 Å². The van der Waals surface area contributed by atoms with Crippen LogP contribution in [-0.4, -0.2) is 26.2 Å². The summed E-state index contributed by atoms with van der Waals surface area (Å²) in [5, 5.41) is 6.40. The second kappa shape index (κ2) is 9.97. The molecule has 2 aromatic carbocycles. The minimum absolute atomic E-state index is 0.0371. The Hall–Kier alpha value is -2.53. The number of methoxy groups -OCH3 is 2. The number of carbonyl (C=O) groups is 1. The fraction of sp³-hybridized carbons (Fsp3) is 0.409. The van der Waals surface area contributed by atoms with E-state index < -0.39 is 0 Å². The van der Waals surface area contributed by atoms with Crippen LogP contribution in [0.25, 0.3) is 0 Å². The molecule has 0 radical (unpaired) electrons. The van der Waals surface area contributed by atoms with Crippen molar-refractivity contribution >= 4 is 11.6 Å². The van der Waals surface area contributed by atoms with Crippen molar-refractivity contribution in [3.63, 3.8) is 0 Å². The number of amides is 1. The van der Waals surface area contributed by atoms with Crippen molar-refractivity contribution in [2.45, 2.75) is 45.7 Å². The van der Waals surface area contributed by atoms with Crippen LogP contribution in [0, 0.1) is 0 Å². The van der Waals surface area contributed by atoms with Crippen LogP contribution in [0.3, 0.4) is 0 Å². The molecule has 0 bridgehead atoms. The summed E-state index contributed by atoms with van der Waals surface area (Å²) >= 11 is 0. The Kier molecular flexibility index (Phi) is 7.67. The minimum Gasteiger partial charge on any atom is -0.497 e. The molecule has 27 heavy (non-hydrogen) atoms. The topological polar surface area (TPSA) is 59.6 Å². The van der Waals surface area contributed by atoms with Gasteiger partial charge in [-0.1, -0.05) is 31.2 Å². The van der Waals surface area contributed by atoms with Crippen LogP contribution in [0.2, 0.25) is 0 Å². The van der Waals surface area contributed by atoms with Gasteiger partial charge < -0.3 is 20.1 Å². The van der Waals surface area contributed by atoms with E-state index in [1.165, 1.54) is 11.1 Å². The summed E-state index contributed by atoms with van der Waals surface area (Å²) in [6, 6.07) is 14.1. The maximum atomic E-state index is 12.4. The highest BCUT2D eigenvalue weighted by Crippen LogP contribution is 2.29. The molecule has 2 N–H and O–H groups in total. The minimum atomic E-state index is -0.0630. The smallest absolute Gasteiger partial charge is 0.226 e. The molecule has 0 saturated heterocycles. The maximum Gasteiger partial charge on any atom is 0.226 e. The molecule has 2 unspecified atom stereocenters. The first-order valence-corrected chi connectivity index (χ1v) is 9.33. The van der Waals surface area contributed by atoms with Gasteiger partial charge in [0.1, 0.15) is 11.5 Å². The van der Waals surface area contributed by atoms with Gasteiger partial charge in [-0.25, -0.2) is 0 Å². The van der Waals surface area contributed by atoms with Crippen LogP contribution in [0.15, 0.2) is 42.5 Å². The predicted molar refractivity (Wildman–Crippen MR) is 110 cm³/mol. The average molecular weight is 370 g/mol. The van der Waals surface area contributed by atoms with Crippen LogP contribution in [0.5, 0.6) is 11.5 Å². The van der Waals surface area contributed by atoms with Gasteiger partial charge in [0.05, 0.1) is 19.9 Å². The van der Waals surface area contributed by atoms with Crippen LogP contribution in [0.4, 0.5) is 5.69 Å². The van der Waals surface area contributed by atoms with Crippen molar-refractivity contribution in [1.82, 2.24) is 5.32 Å². The predicted octanol–water partition coefficient (Wildman–Crippen LogP) is 4.33. The molecule has 5 heteroatoms. The molecule has 0 aromatic heterocycles. The molecule has 0 aliphatic rings. The van der Waals surface area contributed by atoms with E-state index in [9.17, 15) is 4.79 Å². The SMILES string of the molecule is CCc1ccc(C(C)NC(C)CC(=O)Nc2ccc(OC)cc2OC)cc1. The lowest BCUT2D eigenvalue weighted by Crippen LogP contribution is -2.32. The standard InChI is InChI=1S/C22H30N2O3/c1-6-17-7-9-18(10-8-17)16(3)23-15(2)13-22(25)24-20-12-11-19(26-4)14-21(20)27-5/h7-12,14-16,23H,6,13H2,1-5H3,(H,24,25). The van der Waals surface area contributed by atoms with Crippen LogP contribution >= 0.6 is 0 Å². The Morgan fingerprint density at radius 1 is 1.04 bits per heavy atom.